The predicted octanol–water partition coefficient (Wildman–Crippen LogP) is 2.89. The van der Waals surface area contributed by atoms with Gasteiger partial charge in [0.1, 0.15) is 11.7 Å². The van der Waals surface area contributed by atoms with E-state index in [-0.39, 0.29) is 17.0 Å². The summed E-state index contributed by atoms with van der Waals surface area (Å²) < 4.78 is 32.6. The van der Waals surface area contributed by atoms with Gasteiger partial charge in [-0.1, -0.05) is 12.1 Å². The Kier molecular flexibility index (Phi) is 8.25. The fourth-order valence-electron chi connectivity index (χ4n) is 3.86. The highest BCUT2D eigenvalue weighted by Gasteiger charge is 2.43. The average Bonchev–Trinajstić information content (AvgIpc) is 2.64. The molecule has 180 valence electrons. The van der Waals surface area contributed by atoms with E-state index < -0.39 is 56.4 Å². The molecule has 1 aromatic carbocycles. The van der Waals surface area contributed by atoms with Gasteiger partial charge in [-0.05, 0) is 47.1 Å². The second-order valence-corrected chi connectivity index (χ2v) is 10.3. The van der Waals surface area contributed by atoms with Crippen LogP contribution >= 0.6 is 0 Å². The van der Waals surface area contributed by atoms with Crippen molar-refractivity contribution in [3.63, 3.8) is 0 Å². The first kappa shape index (κ1) is 26.3. The molecule has 2 atom stereocenters. The lowest BCUT2D eigenvalue weighted by atomic mass is 9.74. The summed E-state index contributed by atoms with van der Waals surface area (Å²) in [6.07, 6.45) is -0.446. The summed E-state index contributed by atoms with van der Waals surface area (Å²) in [4.78, 5) is 41.4. The third kappa shape index (κ3) is 6.55. The molecule has 1 aliphatic rings. The van der Waals surface area contributed by atoms with Gasteiger partial charge >= 0.3 is 5.97 Å². The van der Waals surface area contributed by atoms with Crippen LogP contribution < -0.4 is 4.72 Å². The number of sulfonamides is 1. The Bertz CT molecular complexity index is 1120. The van der Waals surface area contributed by atoms with Crippen molar-refractivity contribution >= 4 is 33.2 Å². The van der Waals surface area contributed by atoms with Crippen LogP contribution in [0.1, 0.15) is 53.0 Å². The van der Waals surface area contributed by atoms with Crippen molar-refractivity contribution in [2.45, 2.75) is 59.6 Å². The number of esters is 1. The van der Waals surface area contributed by atoms with Crippen LogP contribution in [0.2, 0.25) is 0 Å². The van der Waals surface area contributed by atoms with E-state index in [1.165, 1.54) is 18.2 Å². The van der Waals surface area contributed by atoms with E-state index in [1.54, 1.807) is 47.6 Å². The summed E-state index contributed by atoms with van der Waals surface area (Å²) in [5, 5.41) is 11.4. The fourth-order valence-corrected chi connectivity index (χ4v) is 5.16. The molecule has 2 unspecified atom stereocenters. The van der Waals surface area contributed by atoms with Crippen molar-refractivity contribution < 1.29 is 27.7 Å². The van der Waals surface area contributed by atoms with Crippen LogP contribution in [0.5, 0.6) is 0 Å². The number of ketones is 1. The lowest BCUT2D eigenvalue weighted by molar-refractivity contribution is -0.384. The molecule has 0 aromatic heterocycles. The standard InChI is InChI=1S/C22H29N3O7S/c1-12(2)24-33(30,31)11-18(26)19-14(5)23-15(6)20(22(27)32-13(3)4)21(19)16-8-7-9-17(10-16)25(28)29/h7-10,12-13,20-21,24H,11H2,1-6H3. The second-order valence-electron chi connectivity index (χ2n) is 8.50. The van der Waals surface area contributed by atoms with E-state index in [2.05, 4.69) is 9.71 Å². The Balaban J connectivity index is 2.66. The molecular weight excluding hydrogens is 450 g/mol. The number of rotatable bonds is 9. The highest BCUT2D eigenvalue weighted by atomic mass is 32.2. The summed E-state index contributed by atoms with van der Waals surface area (Å²) in [7, 11) is -3.96. The number of ether oxygens (including phenoxy) is 1. The molecule has 0 radical (unpaired) electrons. The zero-order chi connectivity index (χ0) is 25.1. The Morgan fingerprint density at radius 2 is 1.85 bits per heavy atom. The van der Waals surface area contributed by atoms with Gasteiger partial charge in [0, 0.05) is 41.1 Å². The number of Topliss-reactive ketones (excluding diaryl/α,β-unsaturated/α-hetero) is 1. The maximum atomic E-state index is 13.3. The number of allylic oxidation sites excluding steroid dienone is 2. The maximum absolute atomic E-state index is 13.3. The quantitative estimate of drug-likeness (QED) is 0.325. The number of carbonyl (C=O) groups excluding carboxylic acids is 2. The van der Waals surface area contributed by atoms with Crippen molar-refractivity contribution in [3.8, 4) is 0 Å². The summed E-state index contributed by atoms with van der Waals surface area (Å²) >= 11 is 0. The zero-order valence-corrected chi connectivity index (χ0v) is 20.3. The van der Waals surface area contributed by atoms with E-state index in [0.29, 0.717) is 11.3 Å². The van der Waals surface area contributed by atoms with E-state index in [4.69, 9.17) is 4.74 Å². The van der Waals surface area contributed by atoms with Crippen LogP contribution in [0.25, 0.3) is 0 Å². The Morgan fingerprint density at radius 1 is 1.21 bits per heavy atom. The van der Waals surface area contributed by atoms with Crippen LogP contribution in [0.4, 0.5) is 5.69 Å². The molecule has 11 heteroatoms. The summed E-state index contributed by atoms with van der Waals surface area (Å²) in [6, 6.07) is 5.18. The molecule has 0 bridgehead atoms. The molecule has 0 aliphatic carbocycles. The molecule has 1 heterocycles. The molecule has 0 saturated heterocycles. The summed E-state index contributed by atoms with van der Waals surface area (Å²) in [5.41, 5.74) is 0.737. The third-order valence-electron chi connectivity index (χ3n) is 4.91. The number of nitro benzene ring substituents is 1. The predicted molar refractivity (Wildman–Crippen MR) is 123 cm³/mol. The van der Waals surface area contributed by atoms with Crippen LogP contribution in [0.15, 0.2) is 40.5 Å². The minimum atomic E-state index is -3.96. The number of carbonyl (C=O) groups is 2. The Morgan fingerprint density at radius 3 is 2.39 bits per heavy atom. The Labute approximate surface area is 193 Å². The van der Waals surface area contributed by atoms with Crippen molar-refractivity contribution in [1.82, 2.24) is 4.72 Å². The average molecular weight is 480 g/mol. The molecule has 2 rings (SSSR count). The molecular formula is C22H29N3O7S. The van der Waals surface area contributed by atoms with Crippen molar-refractivity contribution in [3.05, 3.63) is 51.2 Å². The van der Waals surface area contributed by atoms with Crippen molar-refractivity contribution in [2.24, 2.45) is 10.9 Å². The van der Waals surface area contributed by atoms with Gasteiger partial charge in [-0.25, -0.2) is 13.1 Å². The highest BCUT2D eigenvalue weighted by Crippen LogP contribution is 2.41. The van der Waals surface area contributed by atoms with Gasteiger partial charge in [0.2, 0.25) is 10.0 Å². The molecule has 0 fully saturated rings. The summed E-state index contributed by atoms with van der Waals surface area (Å²) in [6.45, 7) is 9.76. The topological polar surface area (TPSA) is 145 Å². The number of non-ortho nitro benzene ring substituents is 1. The van der Waals surface area contributed by atoms with E-state index in [0.717, 1.165) is 0 Å². The first-order valence-corrected chi connectivity index (χ1v) is 12.1. The lowest BCUT2D eigenvalue weighted by Gasteiger charge is -2.32. The number of nitrogens with zero attached hydrogens (tertiary/aromatic N) is 2. The van der Waals surface area contributed by atoms with Gasteiger partial charge in [-0.2, -0.15) is 0 Å². The van der Waals surface area contributed by atoms with Crippen LogP contribution in [-0.2, 0) is 24.3 Å². The molecule has 0 amide bonds. The number of nitro groups is 1. The molecule has 0 spiro atoms. The lowest BCUT2D eigenvalue weighted by Crippen LogP contribution is -2.40. The second kappa shape index (κ2) is 10.3. The Hall–Kier alpha value is -2.92. The minimum absolute atomic E-state index is 0.0148. The minimum Gasteiger partial charge on any atom is -0.462 e. The van der Waals surface area contributed by atoms with E-state index in [1.807, 2.05) is 0 Å². The molecule has 10 nitrogen and oxygen atoms in total. The van der Waals surface area contributed by atoms with E-state index in [9.17, 15) is 28.1 Å². The largest absolute Gasteiger partial charge is 0.462 e. The van der Waals surface area contributed by atoms with Crippen molar-refractivity contribution in [1.29, 1.82) is 0 Å². The van der Waals surface area contributed by atoms with Gasteiger partial charge < -0.3 is 4.74 Å². The van der Waals surface area contributed by atoms with Crippen LogP contribution in [-0.4, -0.2) is 48.7 Å². The smallest absolute Gasteiger partial charge is 0.315 e. The third-order valence-corrected chi connectivity index (χ3v) is 6.38. The SMILES string of the molecule is CC1=NC(C)=C(C(=O)CS(=O)(=O)NC(C)C)C(c2cccc([N+](=O)[O-])c2)C1C(=O)OC(C)C. The van der Waals surface area contributed by atoms with Gasteiger partial charge in [-0.15, -0.1) is 0 Å². The number of nitrogens with one attached hydrogen (secondary N) is 1. The van der Waals surface area contributed by atoms with E-state index >= 15 is 0 Å². The first-order valence-electron chi connectivity index (χ1n) is 10.5. The number of aliphatic imine (C=N–C) groups is 1. The molecule has 0 saturated carbocycles. The highest BCUT2D eigenvalue weighted by molar-refractivity contribution is 7.90. The normalized spacial score (nSPS) is 19.0. The zero-order valence-electron chi connectivity index (χ0n) is 19.5. The first-order chi connectivity index (χ1) is 15.2. The van der Waals surface area contributed by atoms with Crippen LogP contribution in [0, 0.1) is 16.0 Å². The monoisotopic (exact) mass is 479 g/mol. The molecule has 1 aliphatic heterocycles. The molecule has 1 N–H and O–H groups in total. The van der Waals surface area contributed by atoms with Crippen LogP contribution in [0.3, 0.4) is 0 Å². The molecule has 33 heavy (non-hydrogen) atoms. The molecule has 1 aromatic rings. The van der Waals surface area contributed by atoms with Gasteiger partial charge in [0.05, 0.1) is 11.0 Å². The number of hydrogen-bond acceptors (Lipinski definition) is 8. The summed E-state index contributed by atoms with van der Waals surface area (Å²) in [5.74, 6) is -4.27. The maximum Gasteiger partial charge on any atom is 0.315 e. The van der Waals surface area contributed by atoms with Gasteiger partial charge in [0.15, 0.2) is 5.78 Å². The van der Waals surface area contributed by atoms with Gasteiger partial charge in [0.25, 0.3) is 5.69 Å². The number of benzene rings is 1. The van der Waals surface area contributed by atoms with Crippen molar-refractivity contribution in [2.75, 3.05) is 5.75 Å². The van der Waals surface area contributed by atoms with Gasteiger partial charge in [-0.3, -0.25) is 24.7 Å². The fraction of sp³-hybridized carbons (Fsp3) is 0.500. The number of hydrogen-bond donors (Lipinski definition) is 1.